The second kappa shape index (κ2) is 12.3. The Morgan fingerprint density at radius 1 is 1.05 bits per heavy atom. The maximum absolute atomic E-state index is 12.6. The number of hydrogen-bond donors (Lipinski definition) is 3. The van der Waals surface area contributed by atoms with Gasteiger partial charge in [-0.1, -0.05) is 20.8 Å². The minimum Gasteiger partial charge on any atom is -1.00 e. The smallest absolute Gasteiger partial charge is 0.220 e. The summed E-state index contributed by atoms with van der Waals surface area (Å²) in [6, 6.07) is 0. The number of carbonyl (C=O) groups excluding carboxylic acids is 1. The number of hydrogen-bond acceptors (Lipinski definition) is 3. The fraction of sp³-hybridized carbons (Fsp3) is 0.968. The fourth-order valence-corrected chi connectivity index (χ4v) is 9.70. The van der Waals surface area contributed by atoms with E-state index in [4.69, 9.17) is 0 Å². The Labute approximate surface area is 244 Å². The van der Waals surface area contributed by atoms with Gasteiger partial charge in [0.1, 0.15) is 0 Å². The van der Waals surface area contributed by atoms with Crippen molar-refractivity contribution in [2.45, 2.75) is 111 Å². The van der Waals surface area contributed by atoms with Crippen LogP contribution >= 0.6 is 0 Å². The van der Waals surface area contributed by atoms with Crippen molar-refractivity contribution >= 4 is 5.91 Å². The molecule has 0 bridgehead atoms. The van der Waals surface area contributed by atoms with Crippen LogP contribution in [0.25, 0.3) is 0 Å². The molecular formula is C31H57IN2O3. The highest BCUT2D eigenvalue weighted by Crippen LogP contribution is 2.68. The number of amides is 1. The number of halogens is 1. The molecule has 0 heterocycles. The van der Waals surface area contributed by atoms with E-state index >= 15 is 0 Å². The van der Waals surface area contributed by atoms with Gasteiger partial charge in [-0.15, -0.1) is 0 Å². The Morgan fingerprint density at radius 2 is 1.78 bits per heavy atom. The summed E-state index contributed by atoms with van der Waals surface area (Å²) in [6.45, 7) is 12.4. The maximum atomic E-state index is 12.6. The first-order valence-electron chi connectivity index (χ1n) is 15.4. The third-order valence-corrected chi connectivity index (χ3v) is 12.4. The molecule has 10 atom stereocenters. The second-order valence-electron chi connectivity index (χ2n) is 14.6. The molecule has 4 rings (SSSR count). The third-order valence-electron chi connectivity index (χ3n) is 12.4. The van der Waals surface area contributed by atoms with Gasteiger partial charge < -0.3 is 44.0 Å². The number of quaternary nitrogens is 1. The number of fused-ring (bicyclic) bond motifs is 5. The molecule has 5 unspecified atom stereocenters. The molecule has 3 N–H and O–H groups in total. The van der Waals surface area contributed by atoms with E-state index in [-0.39, 0.29) is 52.9 Å². The molecule has 0 spiro atoms. The van der Waals surface area contributed by atoms with Crippen LogP contribution < -0.4 is 29.3 Å². The van der Waals surface area contributed by atoms with Crippen LogP contribution in [0.5, 0.6) is 0 Å². The Kier molecular flexibility index (Phi) is 10.5. The standard InChI is InChI=1S/C31H56N2O3.HI/c1-7-33(5,6)18-8-17-32-29(36)14-9-21(2)25-12-13-26-24-11-10-22-19-23(34)15-16-30(22,3)27(24)20-28(35)31(25,26)4;/h21-28,34-35H,7-20H2,1-6H3;1H/t21?,22?,23-,24?,25-,26?,27?,28+,30+,31-;/m1./s1. The van der Waals surface area contributed by atoms with E-state index < -0.39 is 0 Å². The number of aliphatic hydroxyl groups is 2. The average Bonchev–Trinajstić information content (AvgIpc) is 3.20. The van der Waals surface area contributed by atoms with Crippen molar-refractivity contribution in [3.63, 3.8) is 0 Å². The van der Waals surface area contributed by atoms with Gasteiger partial charge in [-0.25, -0.2) is 0 Å². The summed E-state index contributed by atoms with van der Waals surface area (Å²) in [5.74, 6) is 3.72. The van der Waals surface area contributed by atoms with Crippen molar-refractivity contribution in [3.8, 4) is 0 Å². The highest BCUT2D eigenvalue weighted by molar-refractivity contribution is 5.75. The van der Waals surface area contributed by atoms with Gasteiger partial charge in [-0.3, -0.25) is 4.79 Å². The number of rotatable bonds is 9. The minimum absolute atomic E-state index is 0. The van der Waals surface area contributed by atoms with Crippen molar-refractivity contribution in [2.75, 3.05) is 33.7 Å². The molecule has 0 aromatic rings. The third kappa shape index (κ3) is 6.22. The zero-order chi connectivity index (χ0) is 26.3. The Balaban J connectivity index is 0.00000380. The molecule has 1 amide bonds. The summed E-state index contributed by atoms with van der Waals surface area (Å²) in [5.41, 5.74) is 0.273. The van der Waals surface area contributed by atoms with Crippen LogP contribution in [0.2, 0.25) is 0 Å². The monoisotopic (exact) mass is 632 g/mol. The second-order valence-corrected chi connectivity index (χ2v) is 14.6. The van der Waals surface area contributed by atoms with Crippen LogP contribution in [0, 0.1) is 46.3 Å². The van der Waals surface area contributed by atoms with E-state index in [0.717, 1.165) is 68.6 Å². The topological polar surface area (TPSA) is 69.6 Å². The Hall–Kier alpha value is 0.0800. The van der Waals surface area contributed by atoms with Gasteiger partial charge >= 0.3 is 0 Å². The average molecular weight is 633 g/mol. The summed E-state index contributed by atoms with van der Waals surface area (Å²) in [6.07, 6.45) is 11.1. The van der Waals surface area contributed by atoms with E-state index in [1.165, 1.54) is 25.7 Å². The zero-order valence-electron chi connectivity index (χ0n) is 24.6. The largest absolute Gasteiger partial charge is 1.00 e. The van der Waals surface area contributed by atoms with Crippen molar-refractivity contribution in [3.05, 3.63) is 0 Å². The summed E-state index contributed by atoms with van der Waals surface area (Å²) < 4.78 is 1.00. The molecule has 0 radical (unpaired) electrons. The van der Waals surface area contributed by atoms with E-state index in [1.807, 2.05) is 0 Å². The number of aliphatic hydroxyl groups excluding tert-OH is 2. The Morgan fingerprint density at radius 3 is 2.49 bits per heavy atom. The molecule has 4 aliphatic rings. The van der Waals surface area contributed by atoms with Crippen LogP contribution in [0.4, 0.5) is 0 Å². The lowest BCUT2D eigenvalue weighted by atomic mass is 9.43. The lowest BCUT2D eigenvalue weighted by Crippen LogP contribution is -3.00. The van der Waals surface area contributed by atoms with Gasteiger partial charge in [0.25, 0.3) is 0 Å². The molecular weight excluding hydrogens is 575 g/mol. The van der Waals surface area contributed by atoms with E-state index in [9.17, 15) is 15.0 Å². The van der Waals surface area contributed by atoms with Gasteiger partial charge in [0.15, 0.2) is 0 Å². The van der Waals surface area contributed by atoms with Gasteiger partial charge in [0.05, 0.1) is 39.4 Å². The normalized spacial score (nSPS) is 42.1. The number of nitrogens with one attached hydrogen (secondary N) is 1. The number of nitrogens with zero attached hydrogens (tertiary/aromatic N) is 1. The highest BCUT2D eigenvalue weighted by Gasteiger charge is 2.63. The van der Waals surface area contributed by atoms with Gasteiger partial charge in [0, 0.05) is 19.4 Å². The first kappa shape index (κ1) is 31.6. The molecule has 0 aromatic carbocycles. The molecule has 0 aliphatic heterocycles. The van der Waals surface area contributed by atoms with Crippen LogP contribution in [-0.2, 0) is 4.79 Å². The van der Waals surface area contributed by atoms with E-state index in [0.29, 0.717) is 36.0 Å². The molecule has 5 nitrogen and oxygen atoms in total. The van der Waals surface area contributed by atoms with Gasteiger partial charge in [0.2, 0.25) is 5.91 Å². The predicted molar refractivity (Wildman–Crippen MR) is 146 cm³/mol. The van der Waals surface area contributed by atoms with Crippen LogP contribution in [0.1, 0.15) is 98.3 Å². The first-order chi connectivity index (χ1) is 16.9. The van der Waals surface area contributed by atoms with Crippen molar-refractivity contribution in [1.82, 2.24) is 5.32 Å². The van der Waals surface area contributed by atoms with E-state index in [1.54, 1.807) is 0 Å². The molecule has 37 heavy (non-hydrogen) atoms. The fourth-order valence-electron chi connectivity index (χ4n) is 9.70. The molecule has 0 aromatic heterocycles. The van der Waals surface area contributed by atoms with Crippen molar-refractivity contribution in [1.29, 1.82) is 0 Å². The summed E-state index contributed by atoms with van der Waals surface area (Å²) in [5, 5.41) is 25.2. The summed E-state index contributed by atoms with van der Waals surface area (Å²) >= 11 is 0. The highest BCUT2D eigenvalue weighted by atomic mass is 127. The van der Waals surface area contributed by atoms with Crippen LogP contribution in [-0.4, -0.2) is 66.5 Å². The SMILES string of the molecule is CC[N+](C)(C)CCCNC(=O)CCC(C)[C@H]1CCC2C3CCC4C[C@H](O)CC[C@]4(C)C3C[C@H](O)[C@@]21C.[I-]. The molecule has 6 heteroatoms. The maximum Gasteiger partial charge on any atom is 0.220 e. The number of carbonyl (C=O) groups is 1. The first-order valence-corrected chi connectivity index (χ1v) is 15.4. The summed E-state index contributed by atoms with van der Waals surface area (Å²) in [7, 11) is 4.48. The summed E-state index contributed by atoms with van der Waals surface area (Å²) in [4.78, 5) is 12.6. The quantitative estimate of drug-likeness (QED) is 0.207. The Bertz CT molecular complexity index is 778. The minimum atomic E-state index is -0.241. The van der Waals surface area contributed by atoms with Crippen molar-refractivity contribution in [2.24, 2.45) is 46.3 Å². The predicted octanol–water partition coefficient (Wildman–Crippen LogP) is 2.00. The molecule has 0 saturated heterocycles. The molecule has 4 saturated carbocycles. The van der Waals surface area contributed by atoms with Gasteiger partial charge in [-0.2, -0.15) is 0 Å². The van der Waals surface area contributed by atoms with Crippen LogP contribution in [0.15, 0.2) is 0 Å². The van der Waals surface area contributed by atoms with E-state index in [2.05, 4.69) is 47.1 Å². The molecule has 4 aliphatic carbocycles. The zero-order valence-corrected chi connectivity index (χ0v) is 26.8. The molecule has 216 valence electrons. The lowest BCUT2D eigenvalue weighted by molar-refractivity contribution is -0.888. The van der Waals surface area contributed by atoms with Gasteiger partial charge in [-0.05, 0) is 111 Å². The molecule has 4 fully saturated rings. The van der Waals surface area contributed by atoms with Crippen molar-refractivity contribution < 1.29 is 43.5 Å². The lowest BCUT2D eigenvalue weighted by Gasteiger charge is -2.62. The van der Waals surface area contributed by atoms with Crippen LogP contribution in [0.3, 0.4) is 0 Å².